The lowest BCUT2D eigenvalue weighted by Crippen LogP contribution is -2.61. The first-order valence-corrected chi connectivity index (χ1v) is 14.6. The van der Waals surface area contributed by atoms with Crippen molar-refractivity contribution < 1.29 is 27.5 Å². The number of nitrogens with one attached hydrogen (secondary N) is 1. The topological polar surface area (TPSA) is 49.3 Å². The number of alkyl halides is 3. The average Bonchev–Trinajstić information content (AvgIpc) is 3.20. The molecule has 4 rings (SSSR count). The Labute approximate surface area is 248 Å². The van der Waals surface area contributed by atoms with Crippen molar-refractivity contribution in [2.75, 3.05) is 0 Å². The fourth-order valence-corrected chi connectivity index (χ4v) is 8.24. The van der Waals surface area contributed by atoms with E-state index in [1.54, 1.807) is 13.8 Å². The molecule has 39 heavy (non-hydrogen) atoms. The molecule has 0 radical (unpaired) electrons. The van der Waals surface area contributed by atoms with Gasteiger partial charge in [0.05, 0.1) is 31.0 Å². The minimum atomic E-state index is -5.07. The van der Waals surface area contributed by atoms with E-state index in [9.17, 15) is 14.3 Å². The van der Waals surface area contributed by atoms with Crippen LogP contribution in [0.2, 0.25) is 15.1 Å². The Hall–Kier alpha value is -1.06. The molecule has 1 heterocycles. The third-order valence-electron chi connectivity index (χ3n) is 8.89. The van der Waals surface area contributed by atoms with E-state index < -0.39 is 52.2 Å². The monoisotopic (exact) mass is 671 g/mol. The summed E-state index contributed by atoms with van der Waals surface area (Å²) in [5.74, 6) is -4.98. The van der Waals surface area contributed by atoms with Crippen molar-refractivity contribution in [3.8, 4) is 0 Å². The molecule has 2 unspecified atom stereocenters. The summed E-state index contributed by atoms with van der Waals surface area (Å²) in [5.41, 5.74) is -5.73. The van der Waals surface area contributed by atoms with E-state index in [2.05, 4.69) is 21.2 Å². The minimum absolute atomic E-state index is 0.0351. The van der Waals surface area contributed by atoms with Gasteiger partial charge in [-0.25, -0.2) is 4.39 Å². The molecule has 2 fully saturated rings. The van der Waals surface area contributed by atoms with Gasteiger partial charge in [-0.2, -0.15) is 13.2 Å². The molecular weight excluding hydrogens is 645 g/mol. The Morgan fingerprint density at radius 1 is 1.05 bits per heavy atom. The van der Waals surface area contributed by atoms with Gasteiger partial charge in [0, 0.05) is 6.04 Å². The SMILES string of the molecule is CC(C)[C@H]1N[C@](c2ccc(F)c(Br)c2)(C2(C)CCCCC2)C(C(=O)O)C1(c1cc(Cl)c(Cl)c(Cl)c1)C(F)(F)F. The summed E-state index contributed by atoms with van der Waals surface area (Å²) in [7, 11) is 0. The van der Waals surface area contributed by atoms with Gasteiger partial charge in [-0.3, -0.25) is 4.79 Å². The third-order valence-corrected chi connectivity index (χ3v) is 10.7. The van der Waals surface area contributed by atoms with Gasteiger partial charge < -0.3 is 10.4 Å². The van der Waals surface area contributed by atoms with Gasteiger partial charge in [0.2, 0.25) is 0 Å². The van der Waals surface area contributed by atoms with Crippen LogP contribution in [0.1, 0.15) is 64.0 Å². The van der Waals surface area contributed by atoms with Crippen LogP contribution in [0.25, 0.3) is 0 Å². The van der Waals surface area contributed by atoms with Gasteiger partial charge in [0.1, 0.15) is 11.2 Å². The van der Waals surface area contributed by atoms with Crippen LogP contribution in [-0.2, 0) is 15.7 Å². The molecule has 0 aromatic heterocycles. The van der Waals surface area contributed by atoms with Crippen molar-refractivity contribution in [3.05, 3.63) is 66.8 Å². The quantitative estimate of drug-likeness (QED) is 0.246. The number of carboxylic acid groups (broad SMARTS) is 1. The normalized spacial score (nSPS) is 29.1. The van der Waals surface area contributed by atoms with Crippen molar-refractivity contribution in [2.45, 2.75) is 76.0 Å². The van der Waals surface area contributed by atoms with Crippen molar-refractivity contribution in [1.82, 2.24) is 5.32 Å². The molecule has 1 saturated heterocycles. The van der Waals surface area contributed by atoms with E-state index in [0.29, 0.717) is 12.8 Å². The fourth-order valence-electron chi connectivity index (χ4n) is 7.27. The molecule has 2 aliphatic rings. The van der Waals surface area contributed by atoms with Crippen LogP contribution >= 0.6 is 50.7 Å². The first-order valence-electron chi connectivity index (χ1n) is 12.7. The minimum Gasteiger partial charge on any atom is -0.481 e. The van der Waals surface area contributed by atoms with E-state index in [0.717, 1.165) is 37.5 Å². The molecule has 1 aliphatic heterocycles. The Kier molecular flexibility index (Phi) is 8.43. The standard InChI is InChI=1S/C28H29BrCl3F4NO2/c1-14(2)23-26(28(34,35)36,16-12-18(30)21(32)19(31)13-16)22(24(38)39)27(37-23,25(3)9-5-4-6-10-25)15-7-8-20(33)17(29)11-15/h7-8,11-14,22-23,37H,4-6,9-10H2,1-3H3,(H,38,39)/t22?,23-,26?,27+/m1/s1. The second kappa shape index (κ2) is 10.6. The van der Waals surface area contributed by atoms with Crippen LogP contribution in [0.15, 0.2) is 34.8 Å². The van der Waals surface area contributed by atoms with E-state index in [-0.39, 0.29) is 30.7 Å². The summed E-state index contributed by atoms with van der Waals surface area (Å²) in [6, 6.07) is 4.71. The molecule has 3 nitrogen and oxygen atoms in total. The predicted octanol–water partition coefficient (Wildman–Crippen LogP) is 9.54. The zero-order chi connectivity index (χ0) is 29.1. The van der Waals surface area contributed by atoms with Crippen LogP contribution in [0.5, 0.6) is 0 Å². The number of halogens is 8. The number of hydrogen-bond donors (Lipinski definition) is 2. The van der Waals surface area contributed by atoms with Crippen molar-refractivity contribution in [3.63, 3.8) is 0 Å². The van der Waals surface area contributed by atoms with Crippen LogP contribution in [-0.4, -0.2) is 23.3 Å². The highest BCUT2D eigenvalue weighted by atomic mass is 79.9. The molecule has 4 atom stereocenters. The predicted molar refractivity (Wildman–Crippen MR) is 149 cm³/mol. The second-order valence-corrected chi connectivity index (χ2v) is 13.4. The zero-order valence-corrected chi connectivity index (χ0v) is 25.4. The molecule has 2 aromatic rings. The number of rotatable bonds is 5. The van der Waals surface area contributed by atoms with Gasteiger partial charge >= 0.3 is 12.1 Å². The summed E-state index contributed by atoms with van der Waals surface area (Å²) in [4.78, 5) is 13.4. The Balaban J connectivity index is 2.21. The highest BCUT2D eigenvalue weighted by Crippen LogP contribution is 2.67. The van der Waals surface area contributed by atoms with Crippen LogP contribution < -0.4 is 5.32 Å². The molecule has 1 saturated carbocycles. The molecule has 2 N–H and O–H groups in total. The van der Waals surface area contributed by atoms with Gasteiger partial charge in [-0.15, -0.1) is 0 Å². The number of hydrogen-bond acceptors (Lipinski definition) is 2. The first kappa shape index (κ1) is 30.9. The number of carboxylic acids is 1. The molecule has 2 aromatic carbocycles. The van der Waals surface area contributed by atoms with E-state index in [1.807, 2.05) is 6.92 Å². The Morgan fingerprint density at radius 3 is 2.08 bits per heavy atom. The number of carbonyl (C=O) groups is 1. The summed E-state index contributed by atoms with van der Waals surface area (Å²) in [6.45, 7) is 5.09. The molecule has 0 amide bonds. The van der Waals surface area contributed by atoms with Crippen LogP contribution in [0.4, 0.5) is 17.6 Å². The molecule has 0 spiro atoms. The largest absolute Gasteiger partial charge is 0.481 e. The van der Waals surface area contributed by atoms with E-state index >= 15 is 13.2 Å². The smallest absolute Gasteiger partial charge is 0.400 e. The summed E-state index contributed by atoms with van der Waals surface area (Å²) >= 11 is 21.8. The highest BCUT2D eigenvalue weighted by molar-refractivity contribution is 9.10. The zero-order valence-electron chi connectivity index (χ0n) is 21.5. The van der Waals surface area contributed by atoms with E-state index in [1.165, 1.54) is 12.1 Å². The molecule has 11 heteroatoms. The van der Waals surface area contributed by atoms with Gasteiger partial charge in [0.15, 0.2) is 0 Å². The van der Waals surface area contributed by atoms with E-state index in [4.69, 9.17) is 34.8 Å². The lowest BCUT2D eigenvalue weighted by Gasteiger charge is -2.53. The molecular formula is C28H29BrCl3F4NO2. The Bertz CT molecular complexity index is 1260. The molecule has 214 valence electrons. The summed E-state index contributed by atoms with van der Waals surface area (Å²) in [5, 5.41) is 13.7. The van der Waals surface area contributed by atoms with Gasteiger partial charge in [-0.1, -0.05) is 80.9 Å². The second-order valence-electron chi connectivity index (χ2n) is 11.3. The maximum Gasteiger partial charge on any atom is 0.400 e. The Morgan fingerprint density at radius 2 is 1.62 bits per heavy atom. The lowest BCUT2D eigenvalue weighted by atomic mass is 9.51. The summed E-state index contributed by atoms with van der Waals surface area (Å²) < 4.78 is 62.1. The number of benzene rings is 2. The number of aliphatic carboxylic acids is 1. The van der Waals surface area contributed by atoms with Gasteiger partial charge in [-0.05, 0) is 75.5 Å². The van der Waals surface area contributed by atoms with Crippen LogP contribution in [0.3, 0.4) is 0 Å². The van der Waals surface area contributed by atoms with Gasteiger partial charge in [0.25, 0.3) is 0 Å². The third kappa shape index (κ3) is 4.61. The van der Waals surface area contributed by atoms with Crippen molar-refractivity contribution >= 4 is 56.7 Å². The fraction of sp³-hybridized carbons (Fsp3) is 0.536. The maximum absolute atomic E-state index is 15.9. The highest BCUT2D eigenvalue weighted by Gasteiger charge is 2.79. The lowest BCUT2D eigenvalue weighted by molar-refractivity contribution is -0.218. The maximum atomic E-state index is 15.9. The average molecular weight is 674 g/mol. The molecule has 1 aliphatic carbocycles. The van der Waals surface area contributed by atoms with Crippen molar-refractivity contribution in [2.24, 2.45) is 17.3 Å². The molecule has 0 bridgehead atoms. The summed E-state index contributed by atoms with van der Waals surface area (Å²) in [6.07, 6.45) is -1.77. The van der Waals surface area contributed by atoms with Crippen LogP contribution in [0, 0.1) is 23.1 Å². The van der Waals surface area contributed by atoms with Crippen molar-refractivity contribution in [1.29, 1.82) is 0 Å². The first-order chi connectivity index (χ1) is 18.0.